The highest BCUT2D eigenvalue weighted by atomic mass is 32.2. The minimum absolute atomic E-state index is 0.297. The molecule has 114 valence electrons. The molecule has 0 saturated carbocycles. The van der Waals surface area contributed by atoms with Crippen molar-refractivity contribution in [2.45, 2.75) is 9.79 Å². The molecule has 0 amide bonds. The molecule has 1 aromatic heterocycles. The van der Waals surface area contributed by atoms with Gasteiger partial charge in [-0.05, 0) is 36.4 Å². The van der Waals surface area contributed by atoms with Crippen molar-refractivity contribution in [1.29, 1.82) is 0 Å². The molecule has 3 aromatic rings. The summed E-state index contributed by atoms with van der Waals surface area (Å²) >= 11 is 3.21. The number of hydrogen-bond donors (Lipinski definition) is 0. The van der Waals surface area contributed by atoms with E-state index in [1.807, 2.05) is 36.4 Å². The Bertz CT molecular complexity index is 842. The molecule has 4 rings (SSSR count). The fourth-order valence-corrected chi connectivity index (χ4v) is 4.61. The van der Waals surface area contributed by atoms with Gasteiger partial charge >= 0.3 is 5.97 Å². The number of anilines is 3. The SMILES string of the molecule is COC(=O)c1ccc(N2c3ccccc3Sc3ccccc32)s1. The molecule has 0 aliphatic carbocycles. The van der Waals surface area contributed by atoms with Crippen molar-refractivity contribution in [2.75, 3.05) is 12.0 Å². The van der Waals surface area contributed by atoms with Crippen LogP contribution in [0.25, 0.3) is 0 Å². The van der Waals surface area contributed by atoms with Crippen LogP contribution in [0.1, 0.15) is 9.67 Å². The van der Waals surface area contributed by atoms with Gasteiger partial charge in [-0.3, -0.25) is 4.90 Å². The van der Waals surface area contributed by atoms with Gasteiger partial charge in [0.05, 0.1) is 18.5 Å². The number of nitrogens with zero attached hydrogens (tertiary/aromatic N) is 1. The molecular formula is C18H13NO2S2. The van der Waals surface area contributed by atoms with E-state index in [2.05, 4.69) is 29.2 Å². The number of carbonyl (C=O) groups excluding carboxylic acids is 1. The standard InChI is InChI=1S/C18H13NO2S2/c1-21-18(20)16-10-11-17(23-16)19-12-6-2-4-8-14(12)22-15-9-5-3-7-13(15)19/h2-11H,1H3. The molecule has 0 saturated heterocycles. The van der Waals surface area contributed by atoms with E-state index in [4.69, 9.17) is 4.74 Å². The third-order valence-corrected chi connectivity index (χ3v) is 5.81. The van der Waals surface area contributed by atoms with E-state index in [-0.39, 0.29) is 5.97 Å². The highest BCUT2D eigenvalue weighted by Crippen LogP contribution is 2.52. The second kappa shape index (κ2) is 5.76. The Hall–Kier alpha value is -2.24. The van der Waals surface area contributed by atoms with Gasteiger partial charge in [-0.2, -0.15) is 0 Å². The van der Waals surface area contributed by atoms with Crippen molar-refractivity contribution in [3.8, 4) is 0 Å². The Morgan fingerprint density at radius 2 is 1.52 bits per heavy atom. The lowest BCUT2D eigenvalue weighted by Crippen LogP contribution is -2.13. The van der Waals surface area contributed by atoms with Gasteiger partial charge in [0.2, 0.25) is 0 Å². The van der Waals surface area contributed by atoms with Gasteiger partial charge < -0.3 is 4.74 Å². The monoisotopic (exact) mass is 339 g/mol. The van der Waals surface area contributed by atoms with Crippen molar-refractivity contribution in [3.05, 3.63) is 65.5 Å². The lowest BCUT2D eigenvalue weighted by atomic mass is 10.2. The third kappa shape index (κ3) is 2.42. The lowest BCUT2D eigenvalue weighted by Gasteiger charge is -2.31. The van der Waals surface area contributed by atoms with Gasteiger partial charge in [0, 0.05) is 9.79 Å². The molecule has 0 radical (unpaired) electrons. The van der Waals surface area contributed by atoms with Crippen LogP contribution in [0.2, 0.25) is 0 Å². The van der Waals surface area contributed by atoms with E-state index >= 15 is 0 Å². The molecule has 0 atom stereocenters. The summed E-state index contributed by atoms with van der Waals surface area (Å²) in [5.41, 5.74) is 2.27. The van der Waals surface area contributed by atoms with Crippen molar-refractivity contribution in [2.24, 2.45) is 0 Å². The summed E-state index contributed by atoms with van der Waals surface area (Å²) in [6.07, 6.45) is 0. The maximum Gasteiger partial charge on any atom is 0.348 e. The number of para-hydroxylation sites is 2. The second-order valence-electron chi connectivity index (χ2n) is 5.00. The zero-order valence-corrected chi connectivity index (χ0v) is 14.0. The van der Waals surface area contributed by atoms with Gasteiger partial charge in [0.15, 0.2) is 0 Å². The first-order valence-corrected chi connectivity index (χ1v) is 8.75. The molecule has 0 spiro atoms. The number of methoxy groups -OCH3 is 1. The fraction of sp³-hybridized carbons (Fsp3) is 0.0556. The Balaban J connectivity index is 1.87. The summed E-state index contributed by atoms with van der Waals surface area (Å²) < 4.78 is 4.82. The first-order valence-electron chi connectivity index (χ1n) is 7.12. The number of esters is 1. The Morgan fingerprint density at radius 3 is 2.13 bits per heavy atom. The molecule has 3 nitrogen and oxygen atoms in total. The number of fused-ring (bicyclic) bond motifs is 2. The Kier molecular flexibility index (Phi) is 3.59. The van der Waals surface area contributed by atoms with Crippen molar-refractivity contribution in [3.63, 3.8) is 0 Å². The second-order valence-corrected chi connectivity index (χ2v) is 7.15. The predicted octanol–water partition coefficient (Wildman–Crippen LogP) is 5.47. The maximum atomic E-state index is 11.8. The highest BCUT2D eigenvalue weighted by molar-refractivity contribution is 7.99. The largest absolute Gasteiger partial charge is 0.465 e. The van der Waals surface area contributed by atoms with Crippen LogP contribution in [-0.2, 0) is 4.74 Å². The van der Waals surface area contributed by atoms with E-state index in [0.717, 1.165) is 16.4 Å². The molecule has 2 heterocycles. The van der Waals surface area contributed by atoms with Crippen LogP contribution in [-0.4, -0.2) is 13.1 Å². The number of ether oxygens (including phenoxy) is 1. The number of benzene rings is 2. The van der Waals surface area contributed by atoms with Crippen molar-refractivity contribution in [1.82, 2.24) is 0 Å². The average molecular weight is 339 g/mol. The summed E-state index contributed by atoms with van der Waals surface area (Å²) in [7, 11) is 1.41. The van der Waals surface area contributed by atoms with Crippen molar-refractivity contribution >= 4 is 45.4 Å². The van der Waals surface area contributed by atoms with Crippen LogP contribution in [0.3, 0.4) is 0 Å². The van der Waals surface area contributed by atoms with E-state index in [0.29, 0.717) is 4.88 Å². The van der Waals surface area contributed by atoms with Gasteiger partial charge in [-0.25, -0.2) is 4.79 Å². The number of rotatable bonds is 2. The van der Waals surface area contributed by atoms with Crippen LogP contribution in [0.15, 0.2) is 70.5 Å². The minimum Gasteiger partial charge on any atom is -0.465 e. The summed E-state index contributed by atoms with van der Waals surface area (Å²) in [5.74, 6) is -0.297. The van der Waals surface area contributed by atoms with E-state index in [1.54, 1.807) is 11.8 Å². The molecule has 0 N–H and O–H groups in total. The zero-order chi connectivity index (χ0) is 15.8. The summed E-state index contributed by atoms with van der Waals surface area (Å²) in [4.78, 5) is 17.0. The predicted molar refractivity (Wildman–Crippen MR) is 94.5 cm³/mol. The first kappa shape index (κ1) is 14.4. The van der Waals surface area contributed by atoms with Crippen LogP contribution < -0.4 is 4.90 Å². The molecule has 0 fully saturated rings. The maximum absolute atomic E-state index is 11.8. The van der Waals surface area contributed by atoms with Crippen LogP contribution in [0.4, 0.5) is 16.4 Å². The molecular weight excluding hydrogens is 326 g/mol. The Morgan fingerprint density at radius 1 is 0.913 bits per heavy atom. The molecule has 1 aliphatic rings. The molecule has 0 unspecified atom stereocenters. The normalized spacial score (nSPS) is 12.5. The van der Waals surface area contributed by atoms with E-state index < -0.39 is 0 Å². The average Bonchev–Trinajstić information content (AvgIpc) is 3.08. The zero-order valence-electron chi connectivity index (χ0n) is 12.4. The quantitative estimate of drug-likeness (QED) is 0.453. The van der Waals surface area contributed by atoms with Crippen LogP contribution in [0.5, 0.6) is 0 Å². The highest BCUT2D eigenvalue weighted by Gasteiger charge is 2.25. The molecule has 5 heteroatoms. The Labute approximate surface area is 142 Å². The molecule has 1 aliphatic heterocycles. The molecule has 0 bridgehead atoms. The van der Waals surface area contributed by atoms with Gasteiger partial charge in [-0.15, -0.1) is 11.3 Å². The van der Waals surface area contributed by atoms with Gasteiger partial charge in [0.1, 0.15) is 9.88 Å². The van der Waals surface area contributed by atoms with E-state index in [1.165, 1.54) is 28.2 Å². The van der Waals surface area contributed by atoms with Crippen LogP contribution >= 0.6 is 23.1 Å². The van der Waals surface area contributed by atoms with Crippen LogP contribution in [0, 0.1) is 0 Å². The summed E-state index contributed by atoms with van der Waals surface area (Å²) in [5, 5.41) is 1.01. The van der Waals surface area contributed by atoms with Gasteiger partial charge in [-0.1, -0.05) is 36.0 Å². The number of thiophene rings is 1. The number of hydrogen-bond acceptors (Lipinski definition) is 5. The summed E-state index contributed by atoms with van der Waals surface area (Å²) in [6, 6.07) is 20.4. The number of carbonyl (C=O) groups is 1. The molecule has 23 heavy (non-hydrogen) atoms. The fourth-order valence-electron chi connectivity index (χ4n) is 2.60. The van der Waals surface area contributed by atoms with E-state index in [9.17, 15) is 4.79 Å². The third-order valence-electron chi connectivity index (χ3n) is 3.63. The first-order chi connectivity index (χ1) is 11.3. The molecule has 2 aromatic carbocycles. The minimum atomic E-state index is -0.297. The summed E-state index contributed by atoms with van der Waals surface area (Å²) in [6.45, 7) is 0. The van der Waals surface area contributed by atoms with Gasteiger partial charge in [0.25, 0.3) is 0 Å². The topological polar surface area (TPSA) is 29.5 Å². The van der Waals surface area contributed by atoms with Crippen molar-refractivity contribution < 1.29 is 9.53 Å². The smallest absolute Gasteiger partial charge is 0.348 e. The lowest BCUT2D eigenvalue weighted by molar-refractivity contribution is 0.0606.